The maximum absolute atomic E-state index is 13.7. The Balaban J connectivity index is 1.81. The lowest BCUT2D eigenvalue weighted by atomic mass is 10.1. The number of aromatic nitrogens is 1. The Bertz CT molecular complexity index is 984. The molecule has 0 bridgehead atoms. The molecule has 0 atom stereocenters. The van der Waals surface area contributed by atoms with Crippen molar-refractivity contribution >= 4 is 32.6 Å². The first-order valence-electron chi connectivity index (χ1n) is 7.58. The molecular formula is C17H15F2N3O4S. The zero-order valence-corrected chi connectivity index (χ0v) is 15.4. The first kappa shape index (κ1) is 18.6. The predicted octanol–water partition coefficient (Wildman–Crippen LogP) is 3.36. The molecule has 7 nitrogen and oxygen atoms in total. The summed E-state index contributed by atoms with van der Waals surface area (Å²) in [5.41, 5.74) is 5.28. The van der Waals surface area contributed by atoms with E-state index in [4.69, 9.17) is 14.2 Å². The number of halogens is 2. The van der Waals surface area contributed by atoms with Gasteiger partial charge in [-0.2, -0.15) is 0 Å². The molecule has 3 aromatic rings. The van der Waals surface area contributed by atoms with Crippen molar-refractivity contribution in [2.45, 2.75) is 0 Å². The second kappa shape index (κ2) is 7.62. The summed E-state index contributed by atoms with van der Waals surface area (Å²) in [5.74, 6) is -0.991. The summed E-state index contributed by atoms with van der Waals surface area (Å²) in [6.07, 6.45) is 0. The van der Waals surface area contributed by atoms with E-state index in [1.54, 1.807) is 0 Å². The number of hydrazine groups is 1. The Morgan fingerprint density at radius 3 is 2.30 bits per heavy atom. The number of amides is 1. The molecule has 2 N–H and O–H groups in total. The fourth-order valence-corrected chi connectivity index (χ4v) is 3.26. The van der Waals surface area contributed by atoms with Crippen LogP contribution in [0, 0.1) is 11.6 Å². The molecule has 0 aliphatic carbocycles. The first-order valence-corrected chi connectivity index (χ1v) is 8.40. The standard InChI is InChI=1S/C17H15F2N3O4S/c1-24-11-4-8(5-12(25-2)15(11)26-3)16(23)21-22-17-20-14-10(19)6-9(18)7-13(14)27-17/h4-7H,1-3H3,(H,20,22)(H,21,23). The van der Waals surface area contributed by atoms with Crippen LogP contribution >= 0.6 is 11.3 Å². The average molecular weight is 395 g/mol. The van der Waals surface area contributed by atoms with Gasteiger partial charge in [-0.3, -0.25) is 15.6 Å². The SMILES string of the molecule is COc1cc(C(=O)NNc2nc3c(F)cc(F)cc3s2)cc(OC)c1OC. The van der Waals surface area contributed by atoms with E-state index < -0.39 is 17.5 Å². The first-order chi connectivity index (χ1) is 13.0. The number of nitrogens with one attached hydrogen (secondary N) is 2. The number of hydrogen-bond acceptors (Lipinski definition) is 7. The molecule has 0 saturated heterocycles. The molecule has 0 aliphatic heterocycles. The number of fused-ring (bicyclic) bond motifs is 1. The Hall–Kier alpha value is -3.14. The van der Waals surface area contributed by atoms with Crippen molar-refractivity contribution < 1.29 is 27.8 Å². The van der Waals surface area contributed by atoms with Crippen molar-refractivity contribution in [3.63, 3.8) is 0 Å². The van der Waals surface area contributed by atoms with Crippen LogP contribution in [0.15, 0.2) is 24.3 Å². The van der Waals surface area contributed by atoms with Crippen molar-refractivity contribution in [1.82, 2.24) is 10.4 Å². The maximum atomic E-state index is 13.7. The van der Waals surface area contributed by atoms with Gasteiger partial charge in [-0.15, -0.1) is 0 Å². The average Bonchev–Trinajstić information content (AvgIpc) is 3.07. The van der Waals surface area contributed by atoms with Crippen LogP contribution in [0.4, 0.5) is 13.9 Å². The molecule has 3 rings (SSSR count). The maximum Gasteiger partial charge on any atom is 0.269 e. The number of anilines is 1. The lowest BCUT2D eigenvalue weighted by Crippen LogP contribution is -2.29. The van der Waals surface area contributed by atoms with Gasteiger partial charge in [0.05, 0.1) is 26.0 Å². The van der Waals surface area contributed by atoms with E-state index in [2.05, 4.69) is 15.8 Å². The zero-order chi connectivity index (χ0) is 19.6. The van der Waals surface area contributed by atoms with Crippen LogP contribution in [0.3, 0.4) is 0 Å². The summed E-state index contributed by atoms with van der Waals surface area (Å²) in [5, 5.41) is 0.204. The number of hydrogen-bond donors (Lipinski definition) is 2. The van der Waals surface area contributed by atoms with Crippen LogP contribution in [-0.2, 0) is 0 Å². The van der Waals surface area contributed by atoms with Crippen molar-refractivity contribution in [1.29, 1.82) is 0 Å². The van der Waals surface area contributed by atoms with Crippen molar-refractivity contribution in [3.8, 4) is 17.2 Å². The van der Waals surface area contributed by atoms with E-state index >= 15 is 0 Å². The van der Waals surface area contributed by atoms with Crippen LogP contribution in [0.25, 0.3) is 10.2 Å². The highest BCUT2D eigenvalue weighted by molar-refractivity contribution is 7.22. The number of methoxy groups -OCH3 is 3. The quantitative estimate of drug-likeness (QED) is 0.623. The van der Waals surface area contributed by atoms with Gasteiger partial charge in [0.2, 0.25) is 10.9 Å². The van der Waals surface area contributed by atoms with Gasteiger partial charge in [0.1, 0.15) is 11.3 Å². The molecule has 2 aromatic carbocycles. The highest BCUT2D eigenvalue weighted by atomic mass is 32.1. The number of ether oxygens (including phenoxy) is 3. The van der Waals surface area contributed by atoms with Gasteiger partial charge >= 0.3 is 0 Å². The number of rotatable bonds is 6. The molecule has 0 unspecified atom stereocenters. The molecule has 1 amide bonds. The summed E-state index contributed by atoms with van der Waals surface area (Å²) in [7, 11) is 4.33. The number of nitrogens with zero attached hydrogens (tertiary/aromatic N) is 1. The van der Waals surface area contributed by atoms with Gasteiger partial charge in [0.25, 0.3) is 5.91 Å². The number of carbonyl (C=O) groups is 1. The summed E-state index contributed by atoms with van der Waals surface area (Å²) < 4.78 is 42.9. The Morgan fingerprint density at radius 1 is 1.04 bits per heavy atom. The van der Waals surface area contributed by atoms with E-state index in [0.29, 0.717) is 21.9 Å². The van der Waals surface area contributed by atoms with E-state index in [1.165, 1.54) is 39.5 Å². The molecular weight excluding hydrogens is 380 g/mol. The van der Waals surface area contributed by atoms with Gasteiger partial charge < -0.3 is 14.2 Å². The molecule has 27 heavy (non-hydrogen) atoms. The third kappa shape index (κ3) is 3.70. The lowest BCUT2D eigenvalue weighted by Gasteiger charge is -2.14. The third-order valence-electron chi connectivity index (χ3n) is 3.62. The minimum absolute atomic E-state index is 0.0194. The predicted molar refractivity (Wildman–Crippen MR) is 96.7 cm³/mol. The molecule has 0 saturated carbocycles. The third-order valence-corrected chi connectivity index (χ3v) is 4.54. The van der Waals surface area contributed by atoms with E-state index in [-0.39, 0.29) is 16.2 Å². The number of benzene rings is 2. The topological polar surface area (TPSA) is 81.7 Å². The van der Waals surface area contributed by atoms with E-state index in [9.17, 15) is 13.6 Å². The Morgan fingerprint density at radius 2 is 1.70 bits per heavy atom. The van der Waals surface area contributed by atoms with Gasteiger partial charge in [-0.25, -0.2) is 13.8 Å². The second-order valence-electron chi connectivity index (χ2n) is 5.25. The van der Waals surface area contributed by atoms with Crippen LogP contribution in [0.1, 0.15) is 10.4 Å². The molecule has 0 spiro atoms. The fraction of sp³-hybridized carbons (Fsp3) is 0.176. The Kier molecular flexibility index (Phi) is 5.26. The van der Waals surface area contributed by atoms with Crippen LogP contribution in [0.5, 0.6) is 17.2 Å². The fourth-order valence-electron chi connectivity index (χ4n) is 2.41. The van der Waals surface area contributed by atoms with Gasteiger partial charge in [0.15, 0.2) is 17.3 Å². The monoisotopic (exact) mass is 395 g/mol. The second-order valence-corrected chi connectivity index (χ2v) is 6.28. The summed E-state index contributed by atoms with van der Waals surface area (Å²) in [4.78, 5) is 16.4. The molecule has 142 valence electrons. The molecule has 1 heterocycles. The smallest absolute Gasteiger partial charge is 0.269 e. The highest BCUT2D eigenvalue weighted by Crippen LogP contribution is 2.38. The molecule has 0 aliphatic rings. The number of thiazole rings is 1. The van der Waals surface area contributed by atoms with Crippen LogP contribution in [-0.4, -0.2) is 32.2 Å². The molecule has 0 radical (unpaired) electrons. The lowest BCUT2D eigenvalue weighted by molar-refractivity contribution is 0.0962. The minimum Gasteiger partial charge on any atom is -0.493 e. The van der Waals surface area contributed by atoms with Crippen LogP contribution < -0.4 is 25.1 Å². The van der Waals surface area contributed by atoms with Gasteiger partial charge in [0, 0.05) is 11.6 Å². The minimum atomic E-state index is -0.773. The number of carbonyl (C=O) groups excluding carboxylic acids is 1. The highest BCUT2D eigenvalue weighted by Gasteiger charge is 2.17. The van der Waals surface area contributed by atoms with Crippen molar-refractivity contribution in [3.05, 3.63) is 41.5 Å². The largest absolute Gasteiger partial charge is 0.493 e. The van der Waals surface area contributed by atoms with Crippen LogP contribution in [0.2, 0.25) is 0 Å². The molecule has 0 fully saturated rings. The molecule has 10 heteroatoms. The van der Waals surface area contributed by atoms with Gasteiger partial charge in [-0.05, 0) is 18.2 Å². The summed E-state index contributed by atoms with van der Waals surface area (Å²) in [6.45, 7) is 0. The normalized spacial score (nSPS) is 10.6. The zero-order valence-electron chi connectivity index (χ0n) is 14.6. The summed E-state index contributed by atoms with van der Waals surface area (Å²) >= 11 is 0.998. The summed E-state index contributed by atoms with van der Waals surface area (Å²) in [6, 6.07) is 4.88. The van der Waals surface area contributed by atoms with Crippen molar-refractivity contribution in [2.75, 3.05) is 26.8 Å². The van der Waals surface area contributed by atoms with E-state index in [0.717, 1.165) is 17.4 Å². The van der Waals surface area contributed by atoms with Crippen molar-refractivity contribution in [2.24, 2.45) is 0 Å². The van der Waals surface area contributed by atoms with Gasteiger partial charge in [-0.1, -0.05) is 11.3 Å². The Labute approximate surface area is 156 Å². The molecule has 1 aromatic heterocycles. The van der Waals surface area contributed by atoms with E-state index in [1.807, 2.05) is 0 Å².